The largest absolute Gasteiger partial charge is 0.478 e. The molecular formula is C29H48ClN4O3P. The van der Waals surface area contributed by atoms with E-state index in [0.29, 0.717) is 5.69 Å². The Labute approximate surface area is 237 Å². The molecule has 3 unspecified atom stereocenters. The van der Waals surface area contributed by atoms with Crippen molar-refractivity contribution in [2.75, 3.05) is 18.4 Å². The van der Waals surface area contributed by atoms with E-state index in [-0.39, 0.29) is 28.6 Å². The number of nitrogens with two attached hydrogens (primary N) is 1. The Kier molecular flexibility index (Phi) is 17.9. The molecule has 0 radical (unpaired) electrons. The van der Waals surface area contributed by atoms with Gasteiger partial charge >= 0.3 is 5.97 Å². The molecule has 9 heteroatoms. The second-order valence-electron chi connectivity index (χ2n) is 8.90. The van der Waals surface area contributed by atoms with E-state index in [1.54, 1.807) is 31.2 Å². The van der Waals surface area contributed by atoms with Crippen molar-refractivity contribution < 1.29 is 14.7 Å². The molecule has 7 nitrogen and oxygen atoms in total. The normalized spacial score (nSPS) is 17.1. The molecule has 214 valence electrons. The van der Waals surface area contributed by atoms with E-state index < -0.39 is 5.97 Å². The van der Waals surface area contributed by atoms with Crippen LogP contribution in [0.4, 0.5) is 5.69 Å². The van der Waals surface area contributed by atoms with Crippen molar-refractivity contribution in [2.45, 2.75) is 79.3 Å². The number of benzene rings is 1. The van der Waals surface area contributed by atoms with Crippen LogP contribution in [0.15, 0.2) is 53.7 Å². The molecule has 6 N–H and O–H groups in total. The average molecular weight is 567 g/mol. The summed E-state index contributed by atoms with van der Waals surface area (Å²) in [6.07, 6.45) is 10.1. The number of anilines is 1. The fourth-order valence-electron chi connectivity index (χ4n) is 3.87. The van der Waals surface area contributed by atoms with Gasteiger partial charge in [0.25, 0.3) is 0 Å². The van der Waals surface area contributed by atoms with Crippen LogP contribution in [0.1, 0.15) is 77.6 Å². The fraction of sp³-hybridized carbons (Fsp3) is 0.517. The number of carbonyl (C=O) groups is 2. The van der Waals surface area contributed by atoms with Crippen LogP contribution in [0.3, 0.4) is 0 Å². The summed E-state index contributed by atoms with van der Waals surface area (Å²) in [5.41, 5.74) is 8.27. The highest BCUT2D eigenvalue weighted by Crippen LogP contribution is 2.52. The minimum Gasteiger partial charge on any atom is -0.478 e. The number of aromatic carboxylic acids is 1. The molecule has 1 aliphatic carbocycles. The van der Waals surface area contributed by atoms with Gasteiger partial charge in [0.15, 0.2) is 0 Å². The molecular weight excluding hydrogens is 519 g/mol. The van der Waals surface area contributed by atoms with Crippen molar-refractivity contribution in [1.82, 2.24) is 10.6 Å². The number of rotatable bonds is 8. The Morgan fingerprint density at radius 1 is 1.16 bits per heavy atom. The summed E-state index contributed by atoms with van der Waals surface area (Å²) in [7, 11) is 2.47. The Morgan fingerprint density at radius 2 is 1.74 bits per heavy atom. The van der Waals surface area contributed by atoms with Gasteiger partial charge in [-0.2, -0.15) is 0 Å². The zero-order valence-electron chi connectivity index (χ0n) is 23.9. The van der Waals surface area contributed by atoms with Crippen LogP contribution >= 0.6 is 20.8 Å². The second-order valence-corrected chi connectivity index (χ2v) is 10.0. The minimum atomic E-state index is -1.03. The summed E-state index contributed by atoms with van der Waals surface area (Å²) >= 11 is 6.13. The zero-order valence-corrected chi connectivity index (χ0v) is 25.8. The summed E-state index contributed by atoms with van der Waals surface area (Å²) in [6, 6.07) is 4.42. The molecule has 1 amide bonds. The van der Waals surface area contributed by atoms with Crippen molar-refractivity contribution in [3.8, 4) is 0 Å². The fourth-order valence-corrected chi connectivity index (χ4v) is 4.31. The van der Waals surface area contributed by atoms with Crippen molar-refractivity contribution in [1.29, 1.82) is 0 Å². The van der Waals surface area contributed by atoms with Gasteiger partial charge in [0.2, 0.25) is 5.91 Å². The van der Waals surface area contributed by atoms with Crippen LogP contribution in [0.5, 0.6) is 0 Å². The summed E-state index contributed by atoms with van der Waals surface area (Å²) in [4.78, 5) is 22.6. The molecule has 3 rings (SSSR count). The van der Waals surface area contributed by atoms with Gasteiger partial charge in [0.1, 0.15) is 0 Å². The molecule has 3 atom stereocenters. The van der Waals surface area contributed by atoms with Gasteiger partial charge in [-0.05, 0) is 93.2 Å². The van der Waals surface area contributed by atoms with Gasteiger partial charge in [-0.3, -0.25) is 4.79 Å². The first-order valence-electron chi connectivity index (χ1n) is 13.4. The number of amides is 1. The summed E-state index contributed by atoms with van der Waals surface area (Å²) < 4.78 is 0. The SMILES string of the molecule is C1CC2(CCN1)CC2.C=CC(=O)N/C=C(Cl)\C=C(/C(C)N)C(C)Nc1ccc(P)cc1C(=O)O.CC.CC. The quantitative estimate of drug-likeness (QED) is 0.160. The highest BCUT2D eigenvalue weighted by molar-refractivity contribution is 7.27. The number of allylic oxidation sites excluding steroid dienone is 2. The predicted molar refractivity (Wildman–Crippen MR) is 166 cm³/mol. The Bertz CT molecular complexity index is 951. The van der Waals surface area contributed by atoms with E-state index in [4.69, 9.17) is 17.3 Å². The van der Waals surface area contributed by atoms with Gasteiger partial charge in [-0.15, -0.1) is 9.24 Å². The number of halogens is 1. The number of carboxylic acids is 1. The summed E-state index contributed by atoms with van der Waals surface area (Å²) in [5.74, 6) is -1.41. The number of hydrogen-bond donors (Lipinski definition) is 5. The molecule has 1 aromatic rings. The Hall–Kier alpha value is -2.18. The van der Waals surface area contributed by atoms with Crippen LogP contribution in [0.2, 0.25) is 0 Å². The van der Waals surface area contributed by atoms with Crippen molar-refractivity contribution >= 4 is 43.7 Å². The Morgan fingerprint density at radius 3 is 2.18 bits per heavy atom. The lowest BCUT2D eigenvalue weighted by Gasteiger charge is -2.23. The number of hydrogen-bond acceptors (Lipinski definition) is 5. The van der Waals surface area contributed by atoms with E-state index in [1.807, 2.05) is 34.6 Å². The first-order chi connectivity index (χ1) is 18.1. The van der Waals surface area contributed by atoms with Gasteiger partial charge in [-0.1, -0.05) is 51.9 Å². The van der Waals surface area contributed by atoms with Crippen molar-refractivity contribution in [3.63, 3.8) is 0 Å². The van der Waals surface area contributed by atoms with Crippen LogP contribution in [0, 0.1) is 5.41 Å². The molecule has 1 saturated carbocycles. The van der Waals surface area contributed by atoms with Gasteiger partial charge < -0.3 is 26.8 Å². The first-order valence-corrected chi connectivity index (χ1v) is 14.4. The number of piperidine rings is 1. The minimum absolute atomic E-state index is 0.160. The molecule has 1 aromatic carbocycles. The molecule has 38 heavy (non-hydrogen) atoms. The maximum atomic E-state index is 11.4. The third-order valence-corrected chi connectivity index (χ3v) is 6.71. The number of nitrogens with one attached hydrogen (secondary N) is 3. The van der Waals surface area contributed by atoms with Gasteiger partial charge in [0, 0.05) is 24.0 Å². The summed E-state index contributed by atoms with van der Waals surface area (Å²) in [6.45, 7) is 17.5. The number of carboxylic acid groups (broad SMARTS) is 1. The number of carbonyl (C=O) groups excluding carboxylic acids is 1. The lowest BCUT2D eigenvalue weighted by molar-refractivity contribution is -0.115. The lowest BCUT2D eigenvalue weighted by atomic mass is 9.95. The standard InChI is InChI=1S/C18H23ClN3O3P.C7H13N.2C2H6/c1-4-17(23)21-9-12(19)7-14(10(2)20)11(3)22-16-6-5-13(26)8-15(16)18(24)25;1-2-7(1)3-5-8-6-4-7;2*1-2/h4-11,22H,1,20,26H2,2-3H3,(H,21,23)(H,24,25);8H,1-6H2;2*1-2H3/b12-9+,14-7+;;;. The van der Waals surface area contributed by atoms with Gasteiger partial charge in [-0.25, -0.2) is 4.79 Å². The molecule has 2 fully saturated rings. The van der Waals surface area contributed by atoms with E-state index in [0.717, 1.165) is 22.4 Å². The highest BCUT2D eigenvalue weighted by Gasteiger charge is 2.42. The third-order valence-electron chi connectivity index (χ3n) is 6.14. The van der Waals surface area contributed by atoms with E-state index in [9.17, 15) is 14.7 Å². The molecule has 2 aliphatic rings. The molecule has 0 aromatic heterocycles. The molecule has 1 saturated heterocycles. The van der Waals surface area contributed by atoms with Crippen LogP contribution in [-0.2, 0) is 4.79 Å². The molecule has 0 bridgehead atoms. The lowest BCUT2D eigenvalue weighted by Crippen LogP contribution is -2.31. The topological polar surface area (TPSA) is 116 Å². The zero-order chi connectivity index (χ0) is 29.3. The second kappa shape index (κ2) is 19.0. The average Bonchev–Trinajstić information content (AvgIpc) is 3.67. The highest BCUT2D eigenvalue weighted by atomic mass is 35.5. The molecule has 1 heterocycles. The molecule has 1 aliphatic heterocycles. The third kappa shape index (κ3) is 13.1. The van der Waals surface area contributed by atoms with E-state index in [2.05, 4.69) is 31.8 Å². The maximum Gasteiger partial charge on any atom is 0.337 e. The van der Waals surface area contributed by atoms with Crippen molar-refractivity contribution in [2.24, 2.45) is 11.1 Å². The van der Waals surface area contributed by atoms with Crippen LogP contribution < -0.4 is 27.0 Å². The van der Waals surface area contributed by atoms with Crippen LogP contribution in [-0.4, -0.2) is 42.2 Å². The smallest absolute Gasteiger partial charge is 0.337 e. The van der Waals surface area contributed by atoms with E-state index in [1.165, 1.54) is 45.0 Å². The van der Waals surface area contributed by atoms with Crippen LogP contribution in [0.25, 0.3) is 0 Å². The van der Waals surface area contributed by atoms with E-state index >= 15 is 0 Å². The first kappa shape index (κ1) is 35.8. The Balaban J connectivity index is 0.000000933. The van der Waals surface area contributed by atoms with Crippen molar-refractivity contribution in [3.05, 3.63) is 59.3 Å². The molecule has 1 spiro atoms. The monoisotopic (exact) mass is 566 g/mol. The maximum absolute atomic E-state index is 11.4. The summed E-state index contributed by atoms with van der Waals surface area (Å²) in [5, 5.41) is 19.4. The van der Waals surface area contributed by atoms with Gasteiger partial charge in [0.05, 0.1) is 10.6 Å². The predicted octanol–water partition coefficient (Wildman–Crippen LogP) is 5.54.